The summed E-state index contributed by atoms with van der Waals surface area (Å²) in [5, 5.41) is 4.49. The Morgan fingerprint density at radius 2 is 2.45 bits per heavy atom. The lowest BCUT2D eigenvalue weighted by molar-refractivity contribution is 0.0698. The second-order valence-electron chi connectivity index (χ2n) is 4.99. The third kappa shape index (κ3) is 2.56. The molecule has 0 radical (unpaired) electrons. The van der Waals surface area contributed by atoms with Crippen molar-refractivity contribution in [1.82, 2.24) is 20.0 Å². The molecule has 3 rings (SSSR count). The van der Waals surface area contributed by atoms with Gasteiger partial charge >= 0.3 is 0 Å². The topological polar surface area (TPSA) is 75.0 Å². The van der Waals surface area contributed by atoms with Gasteiger partial charge in [-0.05, 0) is 18.9 Å². The van der Waals surface area contributed by atoms with Crippen LogP contribution in [0.25, 0.3) is 0 Å². The molecule has 1 aliphatic rings. The van der Waals surface area contributed by atoms with Gasteiger partial charge in [0.05, 0.1) is 5.02 Å². The van der Waals surface area contributed by atoms with Crippen LogP contribution in [0.4, 0.5) is 0 Å². The van der Waals surface area contributed by atoms with E-state index in [0.29, 0.717) is 29.0 Å². The van der Waals surface area contributed by atoms with Crippen molar-refractivity contribution in [2.45, 2.75) is 25.7 Å². The van der Waals surface area contributed by atoms with Crippen molar-refractivity contribution >= 4 is 17.5 Å². The molecule has 106 valence electrons. The Morgan fingerprint density at radius 1 is 1.60 bits per heavy atom. The number of H-pyrrole nitrogens is 1. The summed E-state index contributed by atoms with van der Waals surface area (Å²) in [5.41, 5.74) is 0.514. The molecule has 7 heteroatoms. The summed E-state index contributed by atoms with van der Waals surface area (Å²) >= 11 is 5.84. The zero-order valence-electron chi connectivity index (χ0n) is 11.1. The third-order valence-electron chi connectivity index (χ3n) is 3.50. The first kappa shape index (κ1) is 13.2. The zero-order chi connectivity index (χ0) is 14.1. The van der Waals surface area contributed by atoms with E-state index < -0.39 is 0 Å². The molecule has 2 aromatic rings. The van der Waals surface area contributed by atoms with E-state index in [1.54, 1.807) is 19.2 Å². The van der Waals surface area contributed by atoms with E-state index in [1.165, 1.54) is 0 Å². The molecule has 1 atom stereocenters. The van der Waals surface area contributed by atoms with Crippen molar-refractivity contribution in [1.29, 1.82) is 0 Å². The maximum atomic E-state index is 12.4. The summed E-state index contributed by atoms with van der Waals surface area (Å²) in [4.78, 5) is 21.3. The van der Waals surface area contributed by atoms with Gasteiger partial charge in [-0.1, -0.05) is 16.8 Å². The molecule has 2 aromatic heterocycles. The van der Waals surface area contributed by atoms with Gasteiger partial charge in [0.1, 0.15) is 5.69 Å². The van der Waals surface area contributed by atoms with E-state index in [-0.39, 0.29) is 11.8 Å². The molecular formula is C13H15ClN4O2. The standard InChI is InChI=1S/C13H15ClN4O2/c1-8-16-12(17-20-8)9-3-2-4-18(7-9)13(19)11-5-10(14)6-15-11/h5-6,9,15H,2-4,7H2,1H3/t9-/m1/s1. The van der Waals surface area contributed by atoms with Crippen LogP contribution in [0, 0.1) is 6.92 Å². The quantitative estimate of drug-likeness (QED) is 0.923. The van der Waals surface area contributed by atoms with Crippen molar-refractivity contribution in [2.24, 2.45) is 0 Å². The molecular weight excluding hydrogens is 280 g/mol. The van der Waals surface area contributed by atoms with Crippen LogP contribution in [0.1, 0.15) is 41.0 Å². The highest BCUT2D eigenvalue weighted by atomic mass is 35.5. The first-order valence-electron chi connectivity index (χ1n) is 6.57. The van der Waals surface area contributed by atoms with Crippen LogP contribution in [0.15, 0.2) is 16.8 Å². The van der Waals surface area contributed by atoms with Gasteiger partial charge in [0, 0.05) is 32.1 Å². The summed E-state index contributed by atoms with van der Waals surface area (Å²) in [6, 6.07) is 1.64. The molecule has 1 saturated heterocycles. The Balaban J connectivity index is 1.73. The van der Waals surface area contributed by atoms with Crippen molar-refractivity contribution in [3.05, 3.63) is 34.7 Å². The number of aromatic amines is 1. The lowest BCUT2D eigenvalue weighted by atomic mass is 9.97. The van der Waals surface area contributed by atoms with Gasteiger partial charge in [-0.25, -0.2) is 0 Å². The number of hydrogen-bond donors (Lipinski definition) is 1. The van der Waals surface area contributed by atoms with Gasteiger partial charge in [-0.3, -0.25) is 4.79 Å². The van der Waals surface area contributed by atoms with Crippen LogP contribution in [0.5, 0.6) is 0 Å². The largest absolute Gasteiger partial charge is 0.356 e. The molecule has 0 bridgehead atoms. The molecule has 1 N–H and O–H groups in total. The molecule has 0 unspecified atom stereocenters. The highest BCUT2D eigenvalue weighted by Crippen LogP contribution is 2.26. The third-order valence-corrected chi connectivity index (χ3v) is 3.71. The number of carbonyl (C=O) groups excluding carboxylic acids is 1. The van der Waals surface area contributed by atoms with E-state index in [4.69, 9.17) is 16.1 Å². The van der Waals surface area contributed by atoms with Crippen molar-refractivity contribution in [3.63, 3.8) is 0 Å². The molecule has 0 aromatic carbocycles. The number of halogens is 1. The highest BCUT2D eigenvalue weighted by molar-refractivity contribution is 6.30. The van der Waals surface area contributed by atoms with E-state index in [9.17, 15) is 4.79 Å². The number of piperidine rings is 1. The monoisotopic (exact) mass is 294 g/mol. The van der Waals surface area contributed by atoms with E-state index >= 15 is 0 Å². The number of nitrogens with zero attached hydrogens (tertiary/aromatic N) is 3. The van der Waals surface area contributed by atoms with Crippen molar-refractivity contribution in [3.8, 4) is 0 Å². The minimum absolute atomic E-state index is 0.0400. The smallest absolute Gasteiger partial charge is 0.270 e. The number of rotatable bonds is 2. The molecule has 6 nitrogen and oxygen atoms in total. The van der Waals surface area contributed by atoms with E-state index in [0.717, 1.165) is 19.4 Å². The molecule has 1 aliphatic heterocycles. The van der Waals surface area contributed by atoms with Gasteiger partial charge < -0.3 is 14.4 Å². The minimum atomic E-state index is -0.0400. The van der Waals surface area contributed by atoms with Crippen molar-refractivity contribution < 1.29 is 9.32 Å². The number of aryl methyl sites for hydroxylation is 1. The molecule has 0 saturated carbocycles. The molecule has 1 amide bonds. The van der Waals surface area contributed by atoms with Crippen LogP contribution in [-0.4, -0.2) is 39.0 Å². The Morgan fingerprint density at radius 3 is 3.10 bits per heavy atom. The first-order valence-corrected chi connectivity index (χ1v) is 6.94. The Bertz CT molecular complexity index is 621. The maximum absolute atomic E-state index is 12.4. The van der Waals surface area contributed by atoms with Crippen LogP contribution < -0.4 is 0 Å². The summed E-state index contributed by atoms with van der Waals surface area (Å²) in [7, 11) is 0. The number of likely N-dealkylation sites (tertiary alicyclic amines) is 1. The fourth-order valence-corrected chi connectivity index (χ4v) is 2.68. The Kier molecular flexibility index (Phi) is 3.48. The molecule has 20 heavy (non-hydrogen) atoms. The molecule has 1 fully saturated rings. The van der Waals surface area contributed by atoms with E-state index in [1.807, 2.05) is 4.90 Å². The summed E-state index contributed by atoms with van der Waals surface area (Å²) < 4.78 is 5.01. The predicted octanol–water partition coefficient (Wildman–Crippen LogP) is 2.38. The van der Waals surface area contributed by atoms with Gasteiger partial charge in [0.15, 0.2) is 5.82 Å². The first-order chi connectivity index (χ1) is 9.63. The molecule has 0 spiro atoms. The summed E-state index contributed by atoms with van der Waals surface area (Å²) in [6.45, 7) is 3.11. The zero-order valence-corrected chi connectivity index (χ0v) is 11.9. The maximum Gasteiger partial charge on any atom is 0.270 e. The predicted molar refractivity (Wildman–Crippen MR) is 72.7 cm³/mol. The van der Waals surface area contributed by atoms with Crippen LogP contribution in [0.3, 0.4) is 0 Å². The minimum Gasteiger partial charge on any atom is -0.356 e. The Labute approximate surface area is 121 Å². The number of nitrogens with one attached hydrogen (secondary N) is 1. The van der Waals surface area contributed by atoms with Gasteiger partial charge in [-0.15, -0.1) is 0 Å². The fraction of sp³-hybridized carbons (Fsp3) is 0.462. The van der Waals surface area contributed by atoms with Gasteiger partial charge in [0.25, 0.3) is 5.91 Å². The Hall–Kier alpha value is -1.82. The molecule has 3 heterocycles. The number of aromatic nitrogens is 3. The molecule has 0 aliphatic carbocycles. The van der Waals surface area contributed by atoms with Crippen molar-refractivity contribution in [2.75, 3.05) is 13.1 Å². The second kappa shape index (κ2) is 5.28. The lowest BCUT2D eigenvalue weighted by Crippen LogP contribution is -2.39. The fourth-order valence-electron chi connectivity index (χ4n) is 2.51. The van der Waals surface area contributed by atoms with Crippen LogP contribution in [-0.2, 0) is 0 Å². The van der Waals surface area contributed by atoms with Crippen LogP contribution in [0.2, 0.25) is 5.02 Å². The highest BCUT2D eigenvalue weighted by Gasteiger charge is 2.28. The second-order valence-corrected chi connectivity index (χ2v) is 5.43. The summed E-state index contributed by atoms with van der Waals surface area (Å²) in [5.74, 6) is 1.33. The number of amides is 1. The van der Waals surface area contributed by atoms with Gasteiger partial charge in [-0.2, -0.15) is 4.98 Å². The summed E-state index contributed by atoms with van der Waals surface area (Å²) in [6.07, 6.45) is 3.51. The lowest BCUT2D eigenvalue weighted by Gasteiger charge is -2.30. The average Bonchev–Trinajstić information content (AvgIpc) is 3.07. The number of carbonyl (C=O) groups is 1. The van der Waals surface area contributed by atoms with Crippen LogP contribution >= 0.6 is 11.6 Å². The SMILES string of the molecule is Cc1nc([C@@H]2CCCN(C(=O)c3cc(Cl)c[nH]3)C2)no1. The normalized spacial score (nSPS) is 19.3. The van der Waals surface area contributed by atoms with E-state index in [2.05, 4.69) is 15.1 Å². The van der Waals surface area contributed by atoms with Gasteiger partial charge in [0.2, 0.25) is 5.89 Å². The number of hydrogen-bond acceptors (Lipinski definition) is 4. The average molecular weight is 295 g/mol.